The Balaban J connectivity index is 1.38. The van der Waals surface area contributed by atoms with Gasteiger partial charge < -0.3 is 15.2 Å². The Labute approximate surface area is 175 Å². The molecule has 1 amide bonds. The Bertz CT molecular complexity index is 1070. The monoisotopic (exact) mass is 401 g/mol. The van der Waals surface area contributed by atoms with E-state index >= 15 is 0 Å². The number of nitrogens with one attached hydrogen (secondary N) is 1. The zero-order valence-electron chi connectivity index (χ0n) is 16.6. The molecule has 5 heteroatoms. The van der Waals surface area contributed by atoms with Gasteiger partial charge in [0.05, 0.1) is 12.0 Å². The van der Waals surface area contributed by atoms with Crippen LogP contribution in [0.3, 0.4) is 0 Å². The Kier molecular flexibility index (Phi) is 5.80. The fourth-order valence-corrected chi connectivity index (χ4v) is 3.73. The molecule has 0 atom stereocenters. The summed E-state index contributed by atoms with van der Waals surface area (Å²) in [6, 6.07) is 20.8. The van der Waals surface area contributed by atoms with Crippen molar-refractivity contribution in [1.82, 2.24) is 5.32 Å². The van der Waals surface area contributed by atoms with Gasteiger partial charge in [-0.15, -0.1) is 0 Å². The third kappa shape index (κ3) is 4.51. The average Bonchev–Trinajstić information content (AvgIpc) is 2.94. The molecule has 0 spiro atoms. The molecule has 152 valence electrons. The highest BCUT2D eigenvalue weighted by Crippen LogP contribution is 2.31. The smallest absolute Gasteiger partial charge is 0.335 e. The summed E-state index contributed by atoms with van der Waals surface area (Å²) in [4.78, 5) is 23.4. The van der Waals surface area contributed by atoms with Gasteiger partial charge in [-0.3, -0.25) is 4.79 Å². The summed E-state index contributed by atoms with van der Waals surface area (Å²) in [5.74, 6) is -0.137. The van der Waals surface area contributed by atoms with Gasteiger partial charge in [0.15, 0.2) is 0 Å². The van der Waals surface area contributed by atoms with Gasteiger partial charge in [0.2, 0.25) is 5.91 Å². The molecule has 3 aromatic rings. The summed E-state index contributed by atoms with van der Waals surface area (Å²) >= 11 is 0. The van der Waals surface area contributed by atoms with Gasteiger partial charge in [-0.05, 0) is 46.9 Å². The first-order chi connectivity index (χ1) is 14.6. The van der Waals surface area contributed by atoms with Gasteiger partial charge >= 0.3 is 5.97 Å². The third-order valence-electron chi connectivity index (χ3n) is 5.39. The summed E-state index contributed by atoms with van der Waals surface area (Å²) in [5.41, 5.74) is 5.71. The number of carbonyl (C=O) groups is 2. The molecule has 5 nitrogen and oxygen atoms in total. The van der Waals surface area contributed by atoms with E-state index in [2.05, 4.69) is 17.4 Å². The van der Waals surface area contributed by atoms with Crippen LogP contribution in [0.1, 0.15) is 38.2 Å². The maximum atomic E-state index is 12.5. The van der Waals surface area contributed by atoms with Crippen molar-refractivity contribution in [3.8, 4) is 5.75 Å². The van der Waals surface area contributed by atoms with Gasteiger partial charge in [-0.25, -0.2) is 4.79 Å². The number of rotatable bonds is 6. The lowest BCUT2D eigenvalue weighted by atomic mass is 9.95. The second-order valence-corrected chi connectivity index (χ2v) is 7.41. The van der Waals surface area contributed by atoms with Crippen molar-refractivity contribution in [1.29, 1.82) is 0 Å². The molecule has 1 heterocycles. The molecule has 30 heavy (non-hydrogen) atoms. The Morgan fingerprint density at radius 1 is 0.933 bits per heavy atom. The highest BCUT2D eigenvalue weighted by molar-refractivity contribution is 5.87. The summed E-state index contributed by atoms with van der Waals surface area (Å²) in [7, 11) is 0. The zero-order chi connectivity index (χ0) is 20.9. The largest absolute Gasteiger partial charge is 0.489 e. The van der Waals surface area contributed by atoms with E-state index in [4.69, 9.17) is 9.84 Å². The van der Waals surface area contributed by atoms with Crippen molar-refractivity contribution in [3.63, 3.8) is 0 Å². The van der Waals surface area contributed by atoms with E-state index < -0.39 is 5.97 Å². The SMILES string of the molecule is O=C(Cc1cccc2c1Cc1ccccc1CO2)NCCc1ccc(C(=O)O)cc1. The van der Waals surface area contributed by atoms with E-state index in [0.29, 0.717) is 26.0 Å². The topological polar surface area (TPSA) is 75.6 Å². The van der Waals surface area contributed by atoms with Crippen molar-refractivity contribution in [2.75, 3.05) is 6.54 Å². The van der Waals surface area contributed by atoms with E-state index in [-0.39, 0.29) is 11.5 Å². The summed E-state index contributed by atoms with van der Waals surface area (Å²) in [6.45, 7) is 1.04. The Hall–Kier alpha value is -3.60. The molecule has 0 radical (unpaired) electrons. The van der Waals surface area contributed by atoms with Crippen LogP contribution in [-0.2, 0) is 30.7 Å². The number of ether oxygens (including phenoxy) is 1. The van der Waals surface area contributed by atoms with Gasteiger partial charge in [0.25, 0.3) is 0 Å². The summed E-state index contributed by atoms with van der Waals surface area (Å²) in [5, 5.41) is 11.9. The molecule has 0 saturated heterocycles. The van der Waals surface area contributed by atoms with Crippen molar-refractivity contribution < 1.29 is 19.4 Å². The van der Waals surface area contributed by atoms with Crippen LogP contribution >= 0.6 is 0 Å². The number of fused-ring (bicyclic) bond motifs is 2. The lowest BCUT2D eigenvalue weighted by Gasteiger charge is -2.13. The molecule has 3 aromatic carbocycles. The van der Waals surface area contributed by atoms with Crippen molar-refractivity contribution in [2.45, 2.75) is 25.9 Å². The van der Waals surface area contributed by atoms with E-state index in [1.54, 1.807) is 24.3 Å². The van der Waals surface area contributed by atoms with Crippen molar-refractivity contribution >= 4 is 11.9 Å². The third-order valence-corrected chi connectivity index (χ3v) is 5.39. The zero-order valence-corrected chi connectivity index (χ0v) is 16.6. The van der Waals surface area contributed by atoms with E-state index in [1.807, 2.05) is 30.3 Å². The number of hydrogen-bond donors (Lipinski definition) is 2. The molecule has 2 N–H and O–H groups in total. The second kappa shape index (κ2) is 8.82. The van der Waals surface area contributed by atoms with Crippen LogP contribution in [0, 0.1) is 0 Å². The molecular weight excluding hydrogens is 378 g/mol. The first kappa shape index (κ1) is 19.7. The number of aromatic carboxylic acids is 1. The molecule has 0 bridgehead atoms. The van der Waals surface area contributed by atoms with Crippen LogP contribution in [0.5, 0.6) is 5.75 Å². The number of hydrogen-bond acceptors (Lipinski definition) is 3. The second-order valence-electron chi connectivity index (χ2n) is 7.41. The highest BCUT2D eigenvalue weighted by atomic mass is 16.5. The van der Waals surface area contributed by atoms with Gasteiger partial charge in [-0.2, -0.15) is 0 Å². The number of carboxylic acid groups (broad SMARTS) is 1. The molecular formula is C25H23NO4. The number of amides is 1. The van der Waals surface area contributed by atoms with Crippen LogP contribution < -0.4 is 10.1 Å². The Morgan fingerprint density at radius 2 is 1.70 bits per heavy atom. The van der Waals surface area contributed by atoms with Gasteiger partial charge in [0, 0.05) is 18.5 Å². The standard InChI is InChI=1S/C25H23NO4/c27-24(26-13-12-17-8-10-18(11-9-17)25(28)29)15-20-6-3-7-23-22(20)14-19-4-1-2-5-21(19)16-30-23/h1-11H,12-16H2,(H,26,27)(H,28,29). The van der Waals surface area contributed by atoms with Crippen LogP contribution in [0.2, 0.25) is 0 Å². The lowest BCUT2D eigenvalue weighted by molar-refractivity contribution is -0.120. The maximum absolute atomic E-state index is 12.5. The number of benzene rings is 3. The summed E-state index contributed by atoms with van der Waals surface area (Å²) < 4.78 is 5.99. The minimum Gasteiger partial charge on any atom is -0.489 e. The lowest BCUT2D eigenvalue weighted by Crippen LogP contribution is -2.27. The molecule has 4 rings (SSSR count). The number of carboxylic acids is 1. The Morgan fingerprint density at radius 3 is 2.47 bits per heavy atom. The van der Waals surface area contributed by atoms with Gasteiger partial charge in [0.1, 0.15) is 12.4 Å². The van der Waals surface area contributed by atoms with Crippen LogP contribution in [-0.4, -0.2) is 23.5 Å². The predicted octanol–water partition coefficient (Wildman–Crippen LogP) is 3.77. The van der Waals surface area contributed by atoms with Crippen molar-refractivity contribution in [3.05, 3.63) is 100 Å². The number of carbonyl (C=O) groups excluding carboxylic acids is 1. The van der Waals surface area contributed by atoms with Crippen molar-refractivity contribution in [2.24, 2.45) is 0 Å². The molecule has 0 saturated carbocycles. The quantitative estimate of drug-likeness (QED) is 0.659. The highest BCUT2D eigenvalue weighted by Gasteiger charge is 2.18. The minimum atomic E-state index is -0.941. The first-order valence-corrected chi connectivity index (χ1v) is 9.99. The van der Waals surface area contributed by atoms with E-state index in [9.17, 15) is 9.59 Å². The summed E-state index contributed by atoms with van der Waals surface area (Å²) in [6.07, 6.45) is 1.70. The van der Waals surface area contributed by atoms with Crippen LogP contribution in [0.15, 0.2) is 66.7 Å². The van der Waals surface area contributed by atoms with Gasteiger partial charge in [-0.1, -0.05) is 48.5 Å². The van der Waals surface area contributed by atoms with E-state index in [0.717, 1.165) is 28.9 Å². The first-order valence-electron chi connectivity index (χ1n) is 9.99. The molecule has 0 aliphatic carbocycles. The molecule has 0 aromatic heterocycles. The maximum Gasteiger partial charge on any atom is 0.335 e. The van der Waals surface area contributed by atoms with Crippen LogP contribution in [0.25, 0.3) is 0 Å². The molecule has 0 unspecified atom stereocenters. The minimum absolute atomic E-state index is 0.0388. The molecule has 1 aliphatic rings. The fraction of sp³-hybridized carbons (Fsp3) is 0.200. The predicted molar refractivity (Wildman–Crippen MR) is 114 cm³/mol. The van der Waals surface area contributed by atoms with E-state index in [1.165, 1.54) is 11.1 Å². The fourth-order valence-electron chi connectivity index (χ4n) is 3.73. The normalized spacial score (nSPS) is 12.1. The average molecular weight is 401 g/mol. The molecule has 1 aliphatic heterocycles. The van der Waals surface area contributed by atoms with Crippen LogP contribution in [0.4, 0.5) is 0 Å². The molecule has 0 fully saturated rings.